The average molecular weight is 235 g/mol. The summed E-state index contributed by atoms with van der Waals surface area (Å²) in [6.07, 6.45) is 0. The van der Waals surface area contributed by atoms with Gasteiger partial charge in [0.1, 0.15) is 5.76 Å². The highest BCUT2D eigenvalue weighted by Crippen LogP contribution is 2.19. The Morgan fingerprint density at radius 1 is 1.19 bits per heavy atom. The van der Waals surface area contributed by atoms with Crippen molar-refractivity contribution in [2.45, 2.75) is 13.8 Å². The highest BCUT2D eigenvalue weighted by atomic mass is 35.5. The van der Waals surface area contributed by atoms with Crippen molar-refractivity contribution in [1.29, 1.82) is 0 Å². The minimum atomic E-state index is -0.118. The highest BCUT2D eigenvalue weighted by Gasteiger charge is 2.13. The van der Waals surface area contributed by atoms with Gasteiger partial charge in [-0.05, 0) is 49.7 Å². The van der Waals surface area contributed by atoms with E-state index < -0.39 is 0 Å². The Kier molecular flexibility index (Phi) is 2.84. The Bertz CT molecular complexity index is 541. The van der Waals surface area contributed by atoms with Crippen molar-refractivity contribution in [2.24, 2.45) is 0 Å². The van der Waals surface area contributed by atoms with E-state index in [1.807, 2.05) is 13.8 Å². The zero-order valence-corrected chi connectivity index (χ0v) is 9.84. The Hall–Kier alpha value is -1.54. The van der Waals surface area contributed by atoms with Crippen LogP contribution in [-0.4, -0.2) is 5.78 Å². The summed E-state index contributed by atoms with van der Waals surface area (Å²) in [5, 5.41) is 0.659. The van der Waals surface area contributed by atoms with Crippen molar-refractivity contribution in [2.75, 3.05) is 0 Å². The van der Waals surface area contributed by atoms with Gasteiger partial charge in [-0.3, -0.25) is 4.79 Å². The fraction of sp³-hybridized carbons (Fsp3) is 0.154. The molecule has 0 amide bonds. The predicted molar refractivity (Wildman–Crippen MR) is 63.1 cm³/mol. The first-order valence-electron chi connectivity index (χ1n) is 4.95. The smallest absolute Gasteiger partial charge is 0.228 e. The molecular formula is C13H11ClO2. The second-order valence-electron chi connectivity index (χ2n) is 3.70. The van der Waals surface area contributed by atoms with Gasteiger partial charge in [0.05, 0.1) is 0 Å². The van der Waals surface area contributed by atoms with E-state index in [9.17, 15) is 4.79 Å². The van der Waals surface area contributed by atoms with Crippen LogP contribution in [0.3, 0.4) is 0 Å². The predicted octanol–water partition coefficient (Wildman–Crippen LogP) is 3.78. The van der Waals surface area contributed by atoms with Gasteiger partial charge in [0.25, 0.3) is 0 Å². The van der Waals surface area contributed by atoms with Crippen LogP contribution in [0.15, 0.2) is 34.7 Å². The largest absolute Gasteiger partial charge is 0.458 e. The molecule has 1 aromatic carbocycles. The number of halogens is 1. The van der Waals surface area contributed by atoms with E-state index in [4.69, 9.17) is 16.0 Å². The number of benzene rings is 1. The molecule has 2 aromatic rings. The van der Waals surface area contributed by atoms with Gasteiger partial charge in [-0.1, -0.05) is 11.6 Å². The quantitative estimate of drug-likeness (QED) is 0.741. The van der Waals surface area contributed by atoms with Crippen LogP contribution >= 0.6 is 11.6 Å². The van der Waals surface area contributed by atoms with E-state index in [-0.39, 0.29) is 5.78 Å². The topological polar surface area (TPSA) is 30.2 Å². The van der Waals surface area contributed by atoms with Crippen LogP contribution in [0.4, 0.5) is 0 Å². The highest BCUT2D eigenvalue weighted by molar-refractivity contribution is 6.31. The molecule has 3 heteroatoms. The van der Waals surface area contributed by atoms with Crippen LogP contribution in [0.1, 0.15) is 27.4 Å². The molecule has 0 saturated carbocycles. The molecular weight excluding hydrogens is 224 g/mol. The molecule has 0 bridgehead atoms. The first-order valence-corrected chi connectivity index (χ1v) is 5.33. The first-order chi connectivity index (χ1) is 7.58. The van der Waals surface area contributed by atoms with Crippen molar-refractivity contribution in [1.82, 2.24) is 0 Å². The minimum Gasteiger partial charge on any atom is -0.458 e. The maximum atomic E-state index is 12.0. The molecule has 82 valence electrons. The molecule has 2 rings (SSSR count). The zero-order chi connectivity index (χ0) is 11.7. The van der Waals surface area contributed by atoms with Crippen molar-refractivity contribution >= 4 is 17.4 Å². The summed E-state index contributed by atoms with van der Waals surface area (Å²) in [4.78, 5) is 12.0. The van der Waals surface area contributed by atoms with E-state index in [0.29, 0.717) is 16.3 Å². The Balaban J connectivity index is 2.38. The molecule has 0 aliphatic carbocycles. The van der Waals surface area contributed by atoms with Crippen molar-refractivity contribution < 1.29 is 9.21 Å². The lowest BCUT2D eigenvalue weighted by Gasteiger charge is -2.01. The number of carbonyl (C=O) groups excluding carboxylic acids is 1. The lowest BCUT2D eigenvalue weighted by Crippen LogP contribution is -1.99. The van der Waals surface area contributed by atoms with Crippen LogP contribution in [0.2, 0.25) is 5.02 Å². The summed E-state index contributed by atoms with van der Waals surface area (Å²) >= 11 is 5.90. The summed E-state index contributed by atoms with van der Waals surface area (Å²) in [6.45, 7) is 3.68. The van der Waals surface area contributed by atoms with Crippen LogP contribution in [0.25, 0.3) is 0 Å². The van der Waals surface area contributed by atoms with Gasteiger partial charge in [-0.25, -0.2) is 0 Å². The number of carbonyl (C=O) groups is 1. The molecule has 0 N–H and O–H groups in total. The lowest BCUT2D eigenvalue weighted by atomic mass is 10.1. The Morgan fingerprint density at radius 3 is 2.50 bits per heavy atom. The van der Waals surface area contributed by atoms with Crippen LogP contribution < -0.4 is 0 Å². The Labute approximate surface area is 98.8 Å². The summed E-state index contributed by atoms with van der Waals surface area (Å²) in [6, 6.07) is 8.65. The fourth-order valence-electron chi connectivity index (χ4n) is 1.48. The van der Waals surface area contributed by atoms with E-state index >= 15 is 0 Å². The fourth-order valence-corrected chi connectivity index (χ4v) is 1.60. The average Bonchev–Trinajstić information content (AvgIpc) is 2.68. The molecule has 1 heterocycles. The molecule has 0 aliphatic heterocycles. The van der Waals surface area contributed by atoms with Crippen LogP contribution in [0, 0.1) is 13.8 Å². The molecule has 0 fully saturated rings. The molecule has 0 saturated heterocycles. The molecule has 2 nitrogen and oxygen atoms in total. The lowest BCUT2D eigenvalue weighted by molar-refractivity contribution is 0.101. The summed E-state index contributed by atoms with van der Waals surface area (Å²) in [7, 11) is 0. The minimum absolute atomic E-state index is 0.118. The number of furan rings is 1. The van der Waals surface area contributed by atoms with E-state index in [2.05, 4.69) is 0 Å². The number of aryl methyl sites for hydroxylation is 2. The van der Waals surface area contributed by atoms with E-state index in [1.165, 1.54) is 0 Å². The molecule has 0 spiro atoms. The van der Waals surface area contributed by atoms with Gasteiger partial charge in [-0.15, -0.1) is 0 Å². The summed E-state index contributed by atoms with van der Waals surface area (Å²) in [5.41, 5.74) is 1.48. The zero-order valence-electron chi connectivity index (χ0n) is 9.08. The van der Waals surface area contributed by atoms with Gasteiger partial charge in [-0.2, -0.15) is 0 Å². The van der Waals surface area contributed by atoms with Crippen LogP contribution in [-0.2, 0) is 0 Å². The second-order valence-corrected chi connectivity index (χ2v) is 4.11. The third-order valence-electron chi connectivity index (χ3n) is 2.38. The molecule has 0 unspecified atom stereocenters. The first kappa shape index (κ1) is 11.0. The van der Waals surface area contributed by atoms with Gasteiger partial charge in [0.2, 0.25) is 5.78 Å². The monoisotopic (exact) mass is 234 g/mol. The van der Waals surface area contributed by atoms with Crippen molar-refractivity contribution in [3.8, 4) is 0 Å². The molecule has 0 radical (unpaired) electrons. The molecule has 16 heavy (non-hydrogen) atoms. The second kappa shape index (κ2) is 4.14. The normalized spacial score (nSPS) is 10.4. The van der Waals surface area contributed by atoms with Gasteiger partial charge < -0.3 is 4.42 Å². The number of hydrogen-bond acceptors (Lipinski definition) is 2. The van der Waals surface area contributed by atoms with Gasteiger partial charge in [0.15, 0.2) is 5.76 Å². The summed E-state index contributed by atoms with van der Waals surface area (Å²) in [5.74, 6) is 0.973. The molecule has 1 aromatic heterocycles. The third-order valence-corrected chi connectivity index (χ3v) is 2.81. The third kappa shape index (κ3) is 2.02. The van der Waals surface area contributed by atoms with Gasteiger partial charge in [0, 0.05) is 10.6 Å². The maximum absolute atomic E-state index is 12.0. The van der Waals surface area contributed by atoms with E-state index in [0.717, 1.165) is 11.3 Å². The standard InChI is InChI=1S/C13H11ClO2/c1-8-7-10(4-5-11(8)14)13(15)12-6-3-9(2)16-12/h3-7H,1-2H3. The number of rotatable bonds is 2. The Morgan fingerprint density at radius 2 is 1.94 bits per heavy atom. The molecule has 0 atom stereocenters. The van der Waals surface area contributed by atoms with Crippen LogP contribution in [0.5, 0.6) is 0 Å². The number of ketones is 1. The van der Waals surface area contributed by atoms with E-state index in [1.54, 1.807) is 30.3 Å². The maximum Gasteiger partial charge on any atom is 0.228 e. The molecule has 0 aliphatic rings. The summed E-state index contributed by atoms with van der Waals surface area (Å²) < 4.78 is 5.29. The number of hydrogen-bond donors (Lipinski definition) is 0. The van der Waals surface area contributed by atoms with Crippen molar-refractivity contribution in [3.63, 3.8) is 0 Å². The van der Waals surface area contributed by atoms with Crippen molar-refractivity contribution in [3.05, 3.63) is 58.0 Å². The SMILES string of the molecule is Cc1ccc(C(=O)c2ccc(Cl)c(C)c2)o1. The van der Waals surface area contributed by atoms with Gasteiger partial charge >= 0.3 is 0 Å².